The largest absolute Gasteiger partial charge is 0.497 e. The third-order valence-electron chi connectivity index (χ3n) is 3.24. The number of rotatable bonds is 4. The van der Waals surface area contributed by atoms with Gasteiger partial charge in [-0.05, 0) is 25.0 Å². The molecule has 0 spiro atoms. The molecule has 5 heteroatoms. The lowest BCUT2D eigenvalue weighted by atomic mass is 9.94. The van der Waals surface area contributed by atoms with Crippen LogP contribution in [0.2, 0.25) is 0 Å². The second-order valence-corrected chi connectivity index (χ2v) is 5.76. The molecule has 1 saturated heterocycles. The Labute approximate surface area is 116 Å². The smallest absolute Gasteiger partial charge is 0.200 e. The Bertz CT molecular complexity index is 512. The molecule has 1 aromatic carbocycles. The van der Waals surface area contributed by atoms with Crippen molar-refractivity contribution in [3.05, 3.63) is 23.8 Å². The predicted molar refractivity (Wildman–Crippen MR) is 73.8 cm³/mol. The Hall–Kier alpha value is -1.49. The molecule has 0 aromatic heterocycles. The number of Topliss-reactive ketones (excluding diaryl/α,β-unsaturated/α-hetero) is 1. The van der Waals surface area contributed by atoms with Gasteiger partial charge in [0.15, 0.2) is 10.9 Å². The molecule has 1 aliphatic rings. The molecule has 1 aliphatic heterocycles. The summed E-state index contributed by atoms with van der Waals surface area (Å²) in [5.41, 5.74) is 0.852. The summed E-state index contributed by atoms with van der Waals surface area (Å²) < 4.78 is 10.4. The van der Waals surface area contributed by atoms with Gasteiger partial charge < -0.3 is 9.47 Å². The molecule has 0 saturated carbocycles. The van der Waals surface area contributed by atoms with E-state index in [1.807, 2.05) is 6.07 Å². The molecular formula is C14H16O4S. The lowest BCUT2D eigenvalue weighted by Gasteiger charge is -2.12. The summed E-state index contributed by atoms with van der Waals surface area (Å²) in [7, 11) is 3.14. The van der Waals surface area contributed by atoms with E-state index in [9.17, 15) is 9.59 Å². The van der Waals surface area contributed by atoms with Crippen LogP contribution < -0.4 is 9.47 Å². The zero-order valence-electron chi connectivity index (χ0n) is 11.1. The fourth-order valence-electron chi connectivity index (χ4n) is 2.14. The quantitative estimate of drug-likeness (QED) is 0.790. The Balaban J connectivity index is 2.24. The van der Waals surface area contributed by atoms with Crippen LogP contribution in [0.5, 0.6) is 11.5 Å². The second kappa shape index (κ2) is 5.65. The number of thioether (sulfide) groups is 1. The number of hydrogen-bond donors (Lipinski definition) is 0. The summed E-state index contributed by atoms with van der Waals surface area (Å²) in [4.78, 5) is 23.7. The molecule has 0 amide bonds. The Morgan fingerprint density at radius 1 is 1.21 bits per heavy atom. The van der Waals surface area contributed by atoms with Crippen molar-refractivity contribution in [2.75, 3.05) is 14.2 Å². The topological polar surface area (TPSA) is 52.6 Å². The van der Waals surface area contributed by atoms with Crippen LogP contribution in [0.15, 0.2) is 18.2 Å². The third-order valence-corrected chi connectivity index (χ3v) is 4.34. The fraction of sp³-hybridized carbons (Fsp3) is 0.429. The summed E-state index contributed by atoms with van der Waals surface area (Å²) in [5.74, 6) is 0.784. The summed E-state index contributed by atoms with van der Waals surface area (Å²) in [6, 6.07) is 5.40. The molecule has 4 nitrogen and oxygen atoms in total. The fourth-order valence-corrected chi connectivity index (χ4v) is 3.13. The Morgan fingerprint density at radius 2 is 1.95 bits per heavy atom. The number of methoxy groups -OCH3 is 2. The molecule has 1 fully saturated rings. The molecular weight excluding hydrogens is 264 g/mol. The highest BCUT2D eigenvalue weighted by Gasteiger charge is 2.39. The highest BCUT2D eigenvalue weighted by molar-refractivity contribution is 8.15. The van der Waals surface area contributed by atoms with Gasteiger partial charge in [-0.15, -0.1) is 0 Å². The SMILES string of the molecule is COc1ccc(CC2C(=O)SC(C)C2=O)c(OC)c1. The lowest BCUT2D eigenvalue weighted by molar-refractivity contribution is -0.126. The maximum atomic E-state index is 11.9. The first-order valence-electron chi connectivity index (χ1n) is 6.02. The van der Waals surface area contributed by atoms with E-state index in [1.54, 1.807) is 33.3 Å². The van der Waals surface area contributed by atoms with Crippen LogP contribution in [0.1, 0.15) is 12.5 Å². The van der Waals surface area contributed by atoms with Crippen molar-refractivity contribution in [2.45, 2.75) is 18.6 Å². The summed E-state index contributed by atoms with van der Waals surface area (Å²) in [6.07, 6.45) is 0.391. The van der Waals surface area contributed by atoms with Gasteiger partial charge in [0.25, 0.3) is 0 Å². The lowest BCUT2D eigenvalue weighted by Crippen LogP contribution is -2.20. The van der Waals surface area contributed by atoms with Crippen LogP contribution in [-0.2, 0) is 16.0 Å². The first-order valence-corrected chi connectivity index (χ1v) is 6.90. The predicted octanol–water partition coefficient (Wildman–Crippen LogP) is 2.09. The first kappa shape index (κ1) is 13.9. The van der Waals surface area contributed by atoms with Gasteiger partial charge in [0.1, 0.15) is 11.5 Å². The normalized spacial score (nSPS) is 22.7. The van der Waals surface area contributed by atoms with E-state index < -0.39 is 5.92 Å². The van der Waals surface area contributed by atoms with E-state index in [1.165, 1.54) is 0 Å². The minimum absolute atomic E-state index is 0.00729. The van der Waals surface area contributed by atoms with Crippen molar-refractivity contribution >= 4 is 22.7 Å². The van der Waals surface area contributed by atoms with Gasteiger partial charge in [-0.2, -0.15) is 0 Å². The van der Waals surface area contributed by atoms with E-state index >= 15 is 0 Å². The van der Waals surface area contributed by atoms with Crippen molar-refractivity contribution in [2.24, 2.45) is 5.92 Å². The van der Waals surface area contributed by atoms with E-state index in [2.05, 4.69) is 0 Å². The van der Waals surface area contributed by atoms with Gasteiger partial charge >= 0.3 is 0 Å². The number of ketones is 1. The van der Waals surface area contributed by atoms with Crippen LogP contribution in [0, 0.1) is 5.92 Å². The Kier molecular flexibility index (Phi) is 4.14. The molecule has 2 rings (SSSR count). The van der Waals surface area contributed by atoms with Gasteiger partial charge in [0, 0.05) is 6.07 Å². The minimum atomic E-state index is -0.553. The molecule has 0 N–H and O–H groups in total. The van der Waals surface area contributed by atoms with Gasteiger partial charge in [-0.3, -0.25) is 9.59 Å². The Morgan fingerprint density at radius 3 is 2.47 bits per heavy atom. The average molecular weight is 280 g/mol. The average Bonchev–Trinajstić information content (AvgIpc) is 2.65. The van der Waals surface area contributed by atoms with Gasteiger partial charge in [0.05, 0.1) is 25.4 Å². The summed E-state index contributed by atoms with van der Waals surface area (Å²) in [6.45, 7) is 1.77. The van der Waals surface area contributed by atoms with E-state index in [0.717, 1.165) is 17.3 Å². The second-order valence-electron chi connectivity index (χ2n) is 4.42. The minimum Gasteiger partial charge on any atom is -0.497 e. The molecule has 2 unspecified atom stereocenters. The van der Waals surface area contributed by atoms with Gasteiger partial charge in [0.2, 0.25) is 0 Å². The zero-order chi connectivity index (χ0) is 14.0. The highest BCUT2D eigenvalue weighted by atomic mass is 32.2. The molecule has 1 heterocycles. The van der Waals surface area contributed by atoms with Gasteiger partial charge in [-0.25, -0.2) is 0 Å². The van der Waals surface area contributed by atoms with Crippen LogP contribution >= 0.6 is 11.8 Å². The number of carbonyl (C=O) groups is 2. The van der Waals surface area contributed by atoms with Crippen molar-refractivity contribution in [1.82, 2.24) is 0 Å². The monoisotopic (exact) mass is 280 g/mol. The number of ether oxygens (including phenoxy) is 2. The van der Waals surface area contributed by atoms with Crippen LogP contribution in [0.4, 0.5) is 0 Å². The van der Waals surface area contributed by atoms with Crippen molar-refractivity contribution < 1.29 is 19.1 Å². The highest BCUT2D eigenvalue weighted by Crippen LogP contribution is 2.34. The first-order chi connectivity index (χ1) is 9.06. The number of benzene rings is 1. The van der Waals surface area contributed by atoms with E-state index in [0.29, 0.717) is 17.9 Å². The van der Waals surface area contributed by atoms with E-state index in [-0.39, 0.29) is 16.1 Å². The number of hydrogen-bond acceptors (Lipinski definition) is 5. The molecule has 19 heavy (non-hydrogen) atoms. The molecule has 1 aromatic rings. The van der Waals surface area contributed by atoms with Crippen molar-refractivity contribution in [3.63, 3.8) is 0 Å². The van der Waals surface area contributed by atoms with Crippen LogP contribution in [-0.4, -0.2) is 30.4 Å². The van der Waals surface area contributed by atoms with Crippen molar-refractivity contribution in [3.8, 4) is 11.5 Å². The maximum absolute atomic E-state index is 11.9. The molecule has 0 bridgehead atoms. The molecule has 2 atom stereocenters. The molecule has 102 valence electrons. The van der Waals surface area contributed by atoms with E-state index in [4.69, 9.17) is 9.47 Å². The standard InChI is InChI=1S/C14H16O4S/c1-8-13(15)11(14(16)19-8)6-9-4-5-10(17-2)7-12(9)18-3/h4-5,7-8,11H,6H2,1-3H3. The van der Waals surface area contributed by atoms with Crippen LogP contribution in [0.3, 0.4) is 0 Å². The maximum Gasteiger partial charge on any atom is 0.200 e. The zero-order valence-corrected chi connectivity index (χ0v) is 12.0. The van der Waals surface area contributed by atoms with Crippen LogP contribution in [0.25, 0.3) is 0 Å². The molecule has 0 radical (unpaired) electrons. The van der Waals surface area contributed by atoms with Crippen molar-refractivity contribution in [1.29, 1.82) is 0 Å². The number of carbonyl (C=O) groups excluding carboxylic acids is 2. The van der Waals surface area contributed by atoms with Gasteiger partial charge in [-0.1, -0.05) is 17.8 Å². The summed E-state index contributed by atoms with van der Waals surface area (Å²) >= 11 is 1.12. The summed E-state index contributed by atoms with van der Waals surface area (Å²) in [5, 5.41) is -0.280. The third kappa shape index (κ3) is 2.76. The molecule has 0 aliphatic carbocycles.